The third-order valence-electron chi connectivity index (χ3n) is 2.49. The molecule has 1 aromatic heterocycles. The maximum atomic E-state index is 12.0. The largest absolute Gasteiger partial charge is 0.508 e. The Morgan fingerprint density at radius 2 is 1.84 bits per heavy atom. The maximum Gasteiger partial charge on any atom is 0.255 e. The van der Waals surface area contributed by atoms with Gasteiger partial charge in [0.1, 0.15) is 16.1 Å². The Kier molecular flexibility index (Phi) is 3.93. The number of rotatable bonds is 2. The molecule has 2 aromatic rings. The fourth-order valence-corrected chi connectivity index (χ4v) is 1.95. The van der Waals surface area contributed by atoms with Gasteiger partial charge in [0.05, 0.1) is 0 Å². The van der Waals surface area contributed by atoms with Crippen LogP contribution in [0.5, 0.6) is 5.75 Å². The first kappa shape index (κ1) is 13.6. The number of phenols is 1. The number of anilines is 1. The summed E-state index contributed by atoms with van der Waals surface area (Å²) < 4.78 is 0. The molecule has 0 radical (unpaired) electrons. The lowest BCUT2D eigenvalue weighted by Gasteiger charge is -2.07. The quantitative estimate of drug-likeness (QED) is 0.832. The van der Waals surface area contributed by atoms with Crippen LogP contribution in [-0.4, -0.2) is 16.0 Å². The third-order valence-corrected chi connectivity index (χ3v) is 2.88. The first-order chi connectivity index (χ1) is 8.95. The van der Waals surface area contributed by atoms with Gasteiger partial charge in [-0.3, -0.25) is 4.79 Å². The fraction of sp³-hybridized carbons (Fsp3) is 0.0769. The molecule has 4 nitrogen and oxygen atoms in total. The number of aromatic nitrogens is 1. The zero-order chi connectivity index (χ0) is 14.0. The molecule has 0 spiro atoms. The summed E-state index contributed by atoms with van der Waals surface area (Å²) in [5.41, 5.74) is 1.51. The fourth-order valence-electron chi connectivity index (χ4n) is 1.49. The van der Waals surface area contributed by atoms with Crippen LogP contribution < -0.4 is 5.32 Å². The van der Waals surface area contributed by atoms with Crippen molar-refractivity contribution < 1.29 is 9.90 Å². The van der Waals surface area contributed by atoms with Crippen molar-refractivity contribution >= 4 is 34.8 Å². The average molecular weight is 297 g/mol. The van der Waals surface area contributed by atoms with Crippen LogP contribution in [0.25, 0.3) is 0 Å². The van der Waals surface area contributed by atoms with Gasteiger partial charge in [0, 0.05) is 17.3 Å². The maximum absolute atomic E-state index is 12.0. The van der Waals surface area contributed by atoms with E-state index in [0.717, 1.165) is 5.56 Å². The van der Waals surface area contributed by atoms with E-state index in [1.165, 1.54) is 18.2 Å². The number of pyridine rings is 1. The number of aromatic hydroxyl groups is 1. The van der Waals surface area contributed by atoms with Gasteiger partial charge in [-0.05, 0) is 30.7 Å². The Bertz CT molecular complexity index is 624. The highest BCUT2D eigenvalue weighted by Gasteiger charge is 2.09. The molecule has 2 N–H and O–H groups in total. The van der Waals surface area contributed by atoms with Crippen LogP contribution in [0, 0.1) is 6.92 Å². The molecule has 0 saturated carbocycles. The lowest BCUT2D eigenvalue weighted by Crippen LogP contribution is -2.12. The van der Waals surface area contributed by atoms with Gasteiger partial charge in [0.2, 0.25) is 0 Å². The molecular formula is C13H10Cl2N2O2. The molecule has 0 bridgehead atoms. The highest BCUT2D eigenvalue weighted by Crippen LogP contribution is 2.22. The molecule has 0 aliphatic rings. The molecule has 0 aliphatic heterocycles. The summed E-state index contributed by atoms with van der Waals surface area (Å²) in [6, 6.07) is 7.69. The molecule has 1 heterocycles. The number of phenolic OH excluding ortho intramolecular Hbond substituents is 1. The van der Waals surface area contributed by atoms with Gasteiger partial charge < -0.3 is 10.4 Å². The first-order valence-electron chi connectivity index (χ1n) is 5.40. The summed E-state index contributed by atoms with van der Waals surface area (Å²) in [6.45, 7) is 1.77. The number of amides is 1. The Balaban J connectivity index is 2.22. The summed E-state index contributed by atoms with van der Waals surface area (Å²) in [5, 5.41) is 12.5. The zero-order valence-electron chi connectivity index (χ0n) is 9.95. The molecule has 98 valence electrons. The van der Waals surface area contributed by atoms with Gasteiger partial charge in [-0.2, -0.15) is 0 Å². The van der Waals surface area contributed by atoms with Crippen molar-refractivity contribution in [2.24, 2.45) is 0 Å². The van der Waals surface area contributed by atoms with Gasteiger partial charge in [-0.25, -0.2) is 4.98 Å². The number of aryl methyl sites for hydroxylation is 1. The average Bonchev–Trinajstić information content (AvgIpc) is 2.32. The lowest BCUT2D eigenvalue weighted by atomic mass is 10.2. The Labute approximate surface area is 120 Å². The predicted molar refractivity (Wildman–Crippen MR) is 75.1 cm³/mol. The minimum Gasteiger partial charge on any atom is -0.508 e. The second-order valence-electron chi connectivity index (χ2n) is 3.96. The minimum absolute atomic E-state index is 0.114. The Morgan fingerprint density at radius 1 is 1.21 bits per heavy atom. The number of benzene rings is 1. The molecule has 19 heavy (non-hydrogen) atoms. The normalized spacial score (nSPS) is 10.3. The highest BCUT2D eigenvalue weighted by molar-refractivity contribution is 6.33. The van der Waals surface area contributed by atoms with Crippen LogP contribution in [0.1, 0.15) is 15.9 Å². The summed E-state index contributed by atoms with van der Waals surface area (Å²) in [5.74, 6) is -0.266. The number of hydrogen-bond donors (Lipinski definition) is 2. The number of carbonyl (C=O) groups excluding carboxylic acids is 1. The van der Waals surface area contributed by atoms with Crippen LogP contribution in [0.2, 0.25) is 10.3 Å². The van der Waals surface area contributed by atoms with Crippen molar-refractivity contribution in [2.45, 2.75) is 6.92 Å². The minimum atomic E-state index is -0.380. The number of halogens is 2. The molecule has 0 fully saturated rings. The van der Waals surface area contributed by atoms with Gasteiger partial charge in [0.25, 0.3) is 5.91 Å². The van der Waals surface area contributed by atoms with Crippen molar-refractivity contribution in [3.63, 3.8) is 0 Å². The van der Waals surface area contributed by atoms with E-state index in [4.69, 9.17) is 23.2 Å². The highest BCUT2D eigenvalue weighted by atomic mass is 35.5. The molecule has 0 aliphatic carbocycles. The van der Waals surface area contributed by atoms with Crippen LogP contribution in [0.4, 0.5) is 5.69 Å². The van der Waals surface area contributed by atoms with E-state index < -0.39 is 0 Å². The molecule has 0 saturated heterocycles. The van der Waals surface area contributed by atoms with Crippen molar-refractivity contribution in [2.75, 3.05) is 5.32 Å². The van der Waals surface area contributed by atoms with E-state index in [2.05, 4.69) is 10.3 Å². The van der Waals surface area contributed by atoms with Gasteiger partial charge >= 0.3 is 0 Å². The van der Waals surface area contributed by atoms with Crippen molar-refractivity contribution in [1.29, 1.82) is 0 Å². The molecule has 0 unspecified atom stereocenters. The van der Waals surface area contributed by atoms with E-state index in [-0.39, 0.29) is 22.0 Å². The van der Waals surface area contributed by atoms with Crippen molar-refractivity contribution in [3.05, 3.63) is 51.8 Å². The van der Waals surface area contributed by atoms with Crippen LogP contribution in [-0.2, 0) is 0 Å². The Morgan fingerprint density at radius 3 is 2.42 bits per heavy atom. The second kappa shape index (κ2) is 5.47. The predicted octanol–water partition coefficient (Wildman–Crippen LogP) is 3.65. The van der Waals surface area contributed by atoms with Gasteiger partial charge in [-0.15, -0.1) is 0 Å². The van der Waals surface area contributed by atoms with E-state index in [1.54, 1.807) is 19.1 Å². The zero-order valence-corrected chi connectivity index (χ0v) is 11.5. The summed E-state index contributed by atoms with van der Waals surface area (Å²) in [6.07, 6.45) is 0. The van der Waals surface area contributed by atoms with Gasteiger partial charge in [0.15, 0.2) is 0 Å². The number of nitrogens with one attached hydrogen (secondary N) is 1. The molecule has 1 aromatic carbocycles. The Hall–Kier alpha value is -1.78. The van der Waals surface area contributed by atoms with Crippen molar-refractivity contribution in [3.8, 4) is 5.75 Å². The lowest BCUT2D eigenvalue weighted by molar-refractivity contribution is 0.102. The molecular weight excluding hydrogens is 287 g/mol. The van der Waals surface area contributed by atoms with Gasteiger partial charge in [-0.1, -0.05) is 29.3 Å². The van der Waals surface area contributed by atoms with E-state index in [1.807, 2.05) is 0 Å². The molecule has 2 rings (SSSR count). The number of hydrogen-bond acceptors (Lipinski definition) is 3. The SMILES string of the molecule is Cc1ccc(NC(=O)c2cc(Cl)nc(Cl)c2)cc1O. The monoisotopic (exact) mass is 296 g/mol. The number of carbonyl (C=O) groups is 1. The topological polar surface area (TPSA) is 62.2 Å². The van der Waals surface area contributed by atoms with Crippen LogP contribution in [0.15, 0.2) is 30.3 Å². The van der Waals surface area contributed by atoms with Crippen molar-refractivity contribution in [1.82, 2.24) is 4.98 Å². The first-order valence-corrected chi connectivity index (χ1v) is 6.15. The van der Waals surface area contributed by atoms with Crippen LogP contribution >= 0.6 is 23.2 Å². The molecule has 0 atom stereocenters. The second-order valence-corrected chi connectivity index (χ2v) is 4.73. The van der Waals surface area contributed by atoms with E-state index >= 15 is 0 Å². The third kappa shape index (κ3) is 3.36. The molecule has 6 heteroatoms. The number of nitrogens with zero attached hydrogens (tertiary/aromatic N) is 1. The summed E-state index contributed by atoms with van der Waals surface area (Å²) in [4.78, 5) is 15.7. The van der Waals surface area contributed by atoms with Crippen LogP contribution in [0.3, 0.4) is 0 Å². The summed E-state index contributed by atoms with van der Waals surface area (Å²) >= 11 is 11.5. The van der Waals surface area contributed by atoms with E-state index in [9.17, 15) is 9.90 Å². The smallest absolute Gasteiger partial charge is 0.255 e. The summed E-state index contributed by atoms with van der Waals surface area (Å²) in [7, 11) is 0. The molecule has 1 amide bonds. The van der Waals surface area contributed by atoms with E-state index in [0.29, 0.717) is 11.3 Å². The standard InChI is InChI=1S/C13H10Cl2N2O2/c1-7-2-3-9(6-10(7)18)16-13(19)8-4-11(14)17-12(15)5-8/h2-6,18H,1H3,(H,16,19).